The summed E-state index contributed by atoms with van der Waals surface area (Å²) in [6, 6.07) is 0. The summed E-state index contributed by atoms with van der Waals surface area (Å²) in [6.45, 7) is 4.56. The van der Waals surface area contributed by atoms with Crippen LogP contribution in [0.4, 0.5) is 0 Å². The summed E-state index contributed by atoms with van der Waals surface area (Å²) in [7, 11) is 0. The van der Waals surface area contributed by atoms with E-state index in [1.807, 2.05) is 0 Å². The Morgan fingerprint density at radius 2 is 0.815 bits per heavy atom. The molecule has 0 radical (unpaired) electrons. The Balaban J connectivity index is 3.13. The molecule has 0 saturated carbocycles. The van der Waals surface area contributed by atoms with Crippen molar-refractivity contribution in [3.63, 3.8) is 0 Å². The van der Waals surface area contributed by atoms with Gasteiger partial charge in [-0.1, -0.05) is 6.92 Å². The topological polar surface area (TPSA) is 17.1 Å². The summed E-state index contributed by atoms with van der Waals surface area (Å²) >= 11 is -0.332. The van der Waals surface area contributed by atoms with Crippen molar-refractivity contribution in [2.45, 2.75) is 153 Å². The van der Waals surface area contributed by atoms with Gasteiger partial charge in [-0.25, -0.2) is 0 Å². The number of carbonyl (C=O) groups is 1. The van der Waals surface area contributed by atoms with Crippen LogP contribution in [0.1, 0.15) is 149 Å². The molecule has 0 heterocycles. The average Bonchev–Trinajstić information content (AvgIpc) is 2.67. The van der Waals surface area contributed by atoms with Crippen molar-refractivity contribution >= 4 is 24.8 Å². The van der Waals surface area contributed by atoms with Crippen LogP contribution in [0.2, 0.25) is 4.47 Å². The smallest absolute Gasteiger partial charge is 0.0654 e. The van der Waals surface area contributed by atoms with Crippen molar-refractivity contribution in [1.29, 1.82) is 0 Å². The Kier molecular flexibility index (Phi) is 24.9. The summed E-state index contributed by atoms with van der Waals surface area (Å²) < 4.78 is 1.91. The van der Waals surface area contributed by atoms with E-state index < -0.39 is 0 Å². The van der Waals surface area contributed by atoms with Crippen LogP contribution >= 0.6 is 0 Å². The summed E-state index contributed by atoms with van der Waals surface area (Å²) in [5, 5.41) is 0. The zero-order chi connectivity index (χ0) is 19.8. The molecular weight excluding hydrogens is 444 g/mol. The second-order valence-electron chi connectivity index (χ2n) is 8.33. The third-order valence-corrected chi connectivity index (χ3v) is 8.40. The molecule has 1 nitrogen and oxygen atoms in total. The number of hydrogen-bond donors (Lipinski definition) is 0. The van der Waals surface area contributed by atoms with E-state index >= 15 is 0 Å². The Labute approximate surface area is 182 Å². The van der Waals surface area contributed by atoms with E-state index in [-0.39, 0.29) is 20.9 Å². The first-order valence-corrected chi connectivity index (χ1v) is 15.3. The number of carbonyl (C=O) groups excluding carboxylic acids is 1. The Hall–Kier alpha value is 0.460. The van der Waals surface area contributed by atoms with Crippen LogP contribution in [0.5, 0.6) is 0 Å². The van der Waals surface area contributed by atoms with E-state index in [0.717, 1.165) is 12.8 Å². The first-order chi connectivity index (χ1) is 13.3. The second-order valence-corrected chi connectivity index (χ2v) is 11.6. The molecule has 0 bridgehead atoms. The van der Waals surface area contributed by atoms with Crippen molar-refractivity contribution in [3.8, 4) is 0 Å². The van der Waals surface area contributed by atoms with Gasteiger partial charge in [0.25, 0.3) is 0 Å². The molecule has 162 valence electrons. The minimum atomic E-state index is -0.332. The standard InChI is InChI=1S/C25H50OTe/c1-3-5-7-9-11-13-15-17-19-21-23-25(26)27-24-22-20-18-16-14-12-10-8-6-4-2/h3-24H2,1-2H3. The molecule has 0 aliphatic rings. The zero-order valence-corrected chi connectivity index (χ0v) is 21.2. The molecular formula is C25H50OTe. The van der Waals surface area contributed by atoms with Gasteiger partial charge in [0.15, 0.2) is 0 Å². The van der Waals surface area contributed by atoms with Crippen molar-refractivity contribution < 1.29 is 4.79 Å². The molecule has 0 aromatic heterocycles. The minimum absolute atomic E-state index is 0.332. The molecule has 0 rings (SSSR count). The molecule has 0 saturated heterocycles. The number of hydrogen-bond acceptors (Lipinski definition) is 1. The van der Waals surface area contributed by atoms with Gasteiger partial charge in [0.1, 0.15) is 0 Å². The predicted octanol–water partition coefficient (Wildman–Crippen LogP) is 8.87. The average molecular weight is 494 g/mol. The van der Waals surface area contributed by atoms with Crippen LogP contribution in [0.3, 0.4) is 0 Å². The molecule has 0 unspecified atom stereocenters. The molecule has 0 atom stereocenters. The van der Waals surface area contributed by atoms with Crippen LogP contribution in [0.15, 0.2) is 0 Å². The fourth-order valence-electron chi connectivity index (χ4n) is 3.60. The van der Waals surface area contributed by atoms with Crippen LogP contribution in [-0.4, -0.2) is 24.8 Å². The molecule has 0 N–H and O–H groups in total. The molecule has 2 heteroatoms. The molecule has 27 heavy (non-hydrogen) atoms. The van der Waals surface area contributed by atoms with Gasteiger partial charge in [-0.15, -0.1) is 0 Å². The zero-order valence-electron chi connectivity index (χ0n) is 18.9. The van der Waals surface area contributed by atoms with Crippen molar-refractivity contribution in [2.24, 2.45) is 0 Å². The first kappa shape index (κ1) is 27.5. The molecule has 0 fully saturated rings. The molecule has 0 aromatic rings. The van der Waals surface area contributed by atoms with Gasteiger partial charge in [0.05, 0.1) is 0 Å². The summed E-state index contributed by atoms with van der Waals surface area (Å²) in [5.41, 5.74) is 0. The van der Waals surface area contributed by atoms with Gasteiger partial charge in [0, 0.05) is 0 Å². The van der Waals surface area contributed by atoms with Gasteiger partial charge in [0.2, 0.25) is 0 Å². The Morgan fingerprint density at radius 3 is 1.22 bits per heavy atom. The van der Waals surface area contributed by atoms with Crippen LogP contribution in [0.25, 0.3) is 0 Å². The van der Waals surface area contributed by atoms with E-state index in [2.05, 4.69) is 13.8 Å². The second kappa shape index (κ2) is 24.5. The number of unbranched alkanes of at least 4 members (excludes halogenated alkanes) is 18. The summed E-state index contributed by atoms with van der Waals surface area (Å²) in [4.78, 5) is 12.0. The molecule has 0 aliphatic carbocycles. The van der Waals surface area contributed by atoms with Crippen molar-refractivity contribution in [2.75, 3.05) is 0 Å². The van der Waals surface area contributed by atoms with E-state index in [1.54, 1.807) is 0 Å². The van der Waals surface area contributed by atoms with Gasteiger partial charge >= 0.3 is 176 Å². The fraction of sp³-hybridized carbons (Fsp3) is 0.960. The normalized spacial score (nSPS) is 11.2. The van der Waals surface area contributed by atoms with Crippen molar-refractivity contribution in [3.05, 3.63) is 0 Å². The SMILES string of the molecule is CCCCCCCCCCCC[Te]C(=O)CCCCCCCCCCCC. The van der Waals surface area contributed by atoms with Gasteiger partial charge < -0.3 is 0 Å². The van der Waals surface area contributed by atoms with Crippen molar-refractivity contribution in [1.82, 2.24) is 0 Å². The molecule has 0 spiro atoms. The maximum atomic E-state index is 12.0. The summed E-state index contributed by atoms with van der Waals surface area (Å²) in [6.07, 6.45) is 28.5. The molecule has 0 aliphatic heterocycles. The van der Waals surface area contributed by atoms with E-state index in [9.17, 15) is 4.79 Å². The summed E-state index contributed by atoms with van der Waals surface area (Å²) in [5.74, 6) is 0. The van der Waals surface area contributed by atoms with Gasteiger partial charge in [-0.3, -0.25) is 0 Å². The molecule has 0 amide bonds. The van der Waals surface area contributed by atoms with E-state index in [1.165, 1.54) is 126 Å². The third-order valence-electron chi connectivity index (χ3n) is 5.50. The Morgan fingerprint density at radius 1 is 0.481 bits per heavy atom. The predicted molar refractivity (Wildman–Crippen MR) is 124 cm³/mol. The van der Waals surface area contributed by atoms with Gasteiger partial charge in [-0.05, 0) is 0 Å². The van der Waals surface area contributed by atoms with Gasteiger partial charge in [-0.2, -0.15) is 0 Å². The van der Waals surface area contributed by atoms with Crippen LogP contribution in [0, 0.1) is 0 Å². The monoisotopic (exact) mass is 496 g/mol. The van der Waals surface area contributed by atoms with Crippen LogP contribution < -0.4 is 0 Å². The number of rotatable bonds is 23. The third kappa shape index (κ3) is 24.4. The van der Waals surface area contributed by atoms with E-state index in [0.29, 0.717) is 3.83 Å². The fourth-order valence-corrected chi connectivity index (χ4v) is 6.07. The quantitative estimate of drug-likeness (QED) is 0.102. The van der Waals surface area contributed by atoms with Crippen LogP contribution in [-0.2, 0) is 4.79 Å². The first-order valence-electron chi connectivity index (χ1n) is 12.5. The Bertz CT molecular complexity index is 290. The maximum absolute atomic E-state index is 12.0. The minimum Gasteiger partial charge on any atom is -0.0654 e. The van der Waals surface area contributed by atoms with E-state index in [4.69, 9.17) is 0 Å². The molecule has 0 aromatic carbocycles.